The van der Waals surface area contributed by atoms with Crippen LogP contribution < -0.4 is 10.9 Å². The Bertz CT molecular complexity index is 749. The van der Waals surface area contributed by atoms with Crippen LogP contribution in [0.15, 0.2) is 36.9 Å². The summed E-state index contributed by atoms with van der Waals surface area (Å²) in [6, 6.07) is 7.29. The normalized spacial score (nSPS) is 10.4. The highest BCUT2D eigenvalue weighted by molar-refractivity contribution is 5.95. The van der Waals surface area contributed by atoms with Gasteiger partial charge in [-0.25, -0.2) is 15.0 Å². The average molecular weight is 268 g/mol. The fraction of sp³-hybridized carbons (Fsp3) is 0.0769. The van der Waals surface area contributed by atoms with E-state index in [2.05, 4.69) is 30.8 Å². The van der Waals surface area contributed by atoms with Crippen molar-refractivity contribution in [2.75, 3.05) is 5.43 Å². The quantitative estimate of drug-likeness (QED) is 0.624. The van der Waals surface area contributed by atoms with Gasteiger partial charge in [0.1, 0.15) is 11.8 Å². The van der Waals surface area contributed by atoms with Crippen LogP contribution in [0.1, 0.15) is 15.9 Å². The number of H-pyrrole nitrogens is 1. The van der Waals surface area contributed by atoms with Crippen molar-refractivity contribution in [3.05, 3.63) is 48.0 Å². The second-order valence-corrected chi connectivity index (χ2v) is 4.27. The van der Waals surface area contributed by atoms with Gasteiger partial charge < -0.3 is 4.98 Å². The van der Waals surface area contributed by atoms with E-state index >= 15 is 0 Å². The molecule has 20 heavy (non-hydrogen) atoms. The third-order valence-corrected chi connectivity index (χ3v) is 2.83. The van der Waals surface area contributed by atoms with Gasteiger partial charge in [-0.1, -0.05) is 17.7 Å². The molecular weight excluding hydrogens is 256 g/mol. The molecule has 0 aliphatic carbocycles. The number of amides is 1. The predicted molar refractivity (Wildman–Crippen MR) is 74.0 cm³/mol. The van der Waals surface area contributed by atoms with Crippen LogP contribution in [-0.4, -0.2) is 25.8 Å². The topological polar surface area (TPSA) is 95.6 Å². The number of imidazole rings is 1. The van der Waals surface area contributed by atoms with Crippen LogP contribution >= 0.6 is 0 Å². The molecule has 0 radical (unpaired) electrons. The van der Waals surface area contributed by atoms with Crippen LogP contribution in [0.2, 0.25) is 0 Å². The summed E-state index contributed by atoms with van der Waals surface area (Å²) < 4.78 is 0. The summed E-state index contributed by atoms with van der Waals surface area (Å²) in [4.78, 5) is 26.9. The summed E-state index contributed by atoms with van der Waals surface area (Å²) in [6.07, 6.45) is 2.90. The molecule has 0 bridgehead atoms. The Balaban J connectivity index is 1.74. The lowest BCUT2D eigenvalue weighted by Crippen LogP contribution is -2.29. The zero-order chi connectivity index (χ0) is 13.9. The lowest BCUT2D eigenvalue weighted by molar-refractivity contribution is 0.0962. The van der Waals surface area contributed by atoms with Gasteiger partial charge in [-0.2, -0.15) is 0 Å². The van der Waals surface area contributed by atoms with E-state index in [1.54, 1.807) is 12.1 Å². The van der Waals surface area contributed by atoms with E-state index in [1.807, 2.05) is 19.1 Å². The van der Waals surface area contributed by atoms with Gasteiger partial charge >= 0.3 is 0 Å². The van der Waals surface area contributed by atoms with E-state index in [0.29, 0.717) is 22.5 Å². The van der Waals surface area contributed by atoms with Gasteiger partial charge in [0.2, 0.25) is 0 Å². The van der Waals surface area contributed by atoms with Gasteiger partial charge in [0.25, 0.3) is 5.91 Å². The molecule has 3 rings (SSSR count). The molecule has 0 fully saturated rings. The third-order valence-electron chi connectivity index (χ3n) is 2.83. The average Bonchev–Trinajstić information content (AvgIpc) is 2.94. The highest BCUT2D eigenvalue weighted by atomic mass is 16.2. The zero-order valence-electron chi connectivity index (χ0n) is 10.7. The molecule has 0 atom stereocenters. The Morgan fingerprint density at radius 2 is 1.95 bits per heavy atom. The third kappa shape index (κ3) is 2.28. The molecule has 2 heterocycles. The first kappa shape index (κ1) is 12.1. The summed E-state index contributed by atoms with van der Waals surface area (Å²) in [5.74, 6) is 0.226. The summed E-state index contributed by atoms with van der Waals surface area (Å²) in [5, 5.41) is 0. The zero-order valence-corrected chi connectivity index (χ0v) is 10.7. The van der Waals surface area contributed by atoms with Crippen molar-refractivity contribution in [2.24, 2.45) is 0 Å². The fourth-order valence-electron chi connectivity index (χ4n) is 1.75. The number of hydrazine groups is 1. The summed E-state index contributed by atoms with van der Waals surface area (Å²) in [5.41, 5.74) is 8.19. The van der Waals surface area contributed by atoms with Crippen LogP contribution in [0.3, 0.4) is 0 Å². The maximum Gasteiger partial charge on any atom is 0.269 e. The maximum absolute atomic E-state index is 12.0. The number of carbonyl (C=O) groups excluding carboxylic acids is 1. The fourth-order valence-corrected chi connectivity index (χ4v) is 1.75. The molecule has 2 aromatic heterocycles. The first-order valence-electron chi connectivity index (χ1n) is 6.01. The SMILES string of the molecule is Cc1ccc(C(=O)NNc2ncnc3nc[nH]c23)cc1. The van der Waals surface area contributed by atoms with Crippen molar-refractivity contribution < 1.29 is 4.79 Å². The number of aromatic amines is 1. The van der Waals surface area contributed by atoms with Gasteiger partial charge in [0.15, 0.2) is 11.5 Å². The Morgan fingerprint density at radius 3 is 2.75 bits per heavy atom. The van der Waals surface area contributed by atoms with E-state index in [4.69, 9.17) is 0 Å². The molecular formula is C13H12N6O. The molecule has 0 saturated heterocycles. The second kappa shape index (κ2) is 4.96. The van der Waals surface area contributed by atoms with Gasteiger partial charge in [-0.05, 0) is 19.1 Å². The Labute approximate surface area is 114 Å². The molecule has 0 saturated carbocycles. The largest absolute Gasteiger partial charge is 0.340 e. The summed E-state index contributed by atoms with van der Waals surface area (Å²) in [7, 11) is 0. The van der Waals surface area contributed by atoms with Crippen molar-refractivity contribution >= 4 is 22.9 Å². The molecule has 3 N–H and O–H groups in total. The van der Waals surface area contributed by atoms with Crippen molar-refractivity contribution in [1.82, 2.24) is 25.4 Å². The van der Waals surface area contributed by atoms with Crippen LogP contribution in [0.5, 0.6) is 0 Å². The van der Waals surface area contributed by atoms with E-state index in [9.17, 15) is 4.79 Å². The highest BCUT2D eigenvalue weighted by Crippen LogP contribution is 2.13. The van der Waals surface area contributed by atoms with Gasteiger partial charge in [0.05, 0.1) is 6.33 Å². The number of nitrogens with one attached hydrogen (secondary N) is 3. The first-order chi connectivity index (χ1) is 9.74. The monoisotopic (exact) mass is 268 g/mol. The number of anilines is 1. The second-order valence-electron chi connectivity index (χ2n) is 4.27. The molecule has 0 spiro atoms. The number of fused-ring (bicyclic) bond motifs is 1. The molecule has 3 aromatic rings. The molecule has 1 amide bonds. The first-order valence-corrected chi connectivity index (χ1v) is 6.01. The van der Waals surface area contributed by atoms with E-state index in [0.717, 1.165) is 5.56 Å². The number of hydrogen-bond donors (Lipinski definition) is 3. The van der Waals surface area contributed by atoms with Gasteiger partial charge in [0, 0.05) is 5.56 Å². The van der Waals surface area contributed by atoms with Crippen molar-refractivity contribution in [2.45, 2.75) is 6.92 Å². The molecule has 0 aliphatic rings. The standard InChI is InChI=1S/C13H12N6O/c1-8-2-4-9(5-3-8)13(20)19-18-12-10-11(15-6-14-10)16-7-17-12/h2-7H,1H3,(H,19,20)(H2,14,15,16,17,18). The smallest absolute Gasteiger partial charge is 0.269 e. The maximum atomic E-state index is 12.0. The number of hydrogen-bond acceptors (Lipinski definition) is 5. The minimum absolute atomic E-state index is 0.240. The van der Waals surface area contributed by atoms with Crippen molar-refractivity contribution in [3.63, 3.8) is 0 Å². The molecule has 7 heteroatoms. The minimum atomic E-state index is -0.240. The number of aromatic nitrogens is 4. The summed E-state index contributed by atoms with van der Waals surface area (Å²) in [6.45, 7) is 1.97. The Morgan fingerprint density at radius 1 is 1.15 bits per heavy atom. The molecule has 0 unspecified atom stereocenters. The van der Waals surface area contributed by atoms with Gasteiger partial charge in [-0.3, -0.25) is 15.6 Å². The lowest BCUT2D eigenvalue weighted by atomic mass is 10.1. The van der Waals surface area contributed by atoms with Crippen LogP contribution in [-0.2, 0) is 0 Å². The number of nitrogens with zero attached hydrogens (tertiary/aromatic N) is 3. The Kier molecular flexibility index (Phi) is 3.00. The molecule has 100 valence electrons. The van der Waals surface area contributed by atoms with Crippen LogP contribution in [0.4, 0.5) is 5.82 Å². The number of benzene rings is 1. The van der Waals surface area contributed by atoms with Crippen LogP contribution in [0.25, 0.3) is 11.2 Å². The van der Waals surface area contributed by atoms with E-state index in [-0.39, 0.29) is 5.91 Å². The lowest BCUT2D eigenvalue weighted by Gasteiger charge is -2.08. The minimum Gasteiger partial charge on any atom is -0.340 e. The van der Waals surface area contributed by atoms with Crippen molar-refractivity contribution in [3.8, 4) is 0 Å². The highest BCUT2D eigenvalue weighted by Gasteiger charge is 2.08. The number of rotatable bonds is 3. The van der Waals surface area contributed by atoms with Crippen LogP contribution in [0, 0.1) is 6.92 Å². The molecule has 7 nitrogen and oxygen atoms in total. The number of carbonyl (C=O) groups is 1. The molecule has 0 aliphatic heterocycles. The molecule has 1 aromatic carbocycles. The van der Waals surface area contributed by atoms with E-state index in [1.165, 1.54) is 12.7 Å². The summed E-state index contributed by atoms with van der Waals surface area (Å²) >= 11 is 0. The predicted octanol–water partition coefficient (Wildman–Crippen LogP) is 1.42. The Hall–Kier alpha value is -2.96. The number of aryl methyl sites for hydroxylation is 1. The van der Waals surface area contributed by atoms with E-state index < -0.39 is 0 Å². The van der Waals surface area contributed by atoms with Gasteiger partial charge in [-0.15, -0.1) is 0 Å². The van der Waals surface area contributed by atoms with Crippen molar-refractivity contribution in [1.29, 1.82) is 0 Å².